The summed E-state index contributed by atoms with van der Waals surface area (Å²) in [5.74, 6) is -4.26. The Balaban J connectivity index is 2.20. The third-order valence-corrected chi connectivity index (χ3v) is 6.07. The predicted octanol–water partition coefficient (Wildman–Crippen LogP) is 2.24. The van der Waals surface area contributed by atoms with Crippen molar-refractivity contribution in [3.8, 4) is 0 Å². The van der Waals surface area contributed by atoms with Crippen LogP contribution in [0.5, 0.6) is 0 Å². The van der Waals surface area contributed by atoms with Crippen molar-refractivity contribution in [2.75, 3.05) is 11.2 Å². The lowest BCUT2D eigenvalue weighted by Gasteiger charge is -2.52. The SMILES string of the molecule is CS1(=O)=NC2(CC(C(=O)O)C2)N(C(=O)C(F)(F)F)c2ccccc21. The smallest absolute Gasteiger partial charge is 0.471 e. The highest BCUT2D eigenvalue weighted by atomic mass is 32.2. The van der Waals surface area contributed by atoms with Crippen molar-refractivity contribution in [3.05, 3.63) is 24.3 Å². The summed E-state index contributed by atoms with van der Waals surface area (Å²) >= 11 is 0. The molecule has 6 nitrogen and oxygen atoms in total. The molecule has 1 aromatic rings. The molecular formula is C14H13F3N2O4S. The maximum atomic E-state index is 13.1. The molecule has 1 aliphatic heterocycles. The van der Waals surface area contributed by atoms with E-state index in [9.17, 15) is 27.0 Å². The predicted molar refractivity (Wildman–Crippen MR) is 77.8 cm³/mol. The van der Waals surface area contributed by atoms with Crippen molar-refractivity contribution in [3.63, 3.8) is 0 Å². The van der Waals surface area contributed by atoms with Crippen LogP contribution in [0.4, 0.5) is 18.9 Å². The summed E-state index contributed by atoms with van der Waals surface area (Å²) in [4.78, 5) is 23.5. The van der Waals surface area contributed by atoms with Gasteiger partial charge in [-0.25, -0.2) is 8.57 Å². The van der Waals surface area contributed by atoms with Crippen LogP contribution < -0.4 is 4.90 Å². The van der Waals surface area contributed by atoms with Crippen LogP contribution in [0.2, 0.25) is 0 Å². The molecule has 1 heterocycles. The van der Waals surface area contributed by atoms with E-state index in [1.54, 1.807) is 0 Å². The molecule has 1 aliphatic carbocycles. The molecule has 0 bridgehead atoms. The maximum absolute atomic E-state index is 13.1. The number of carbonyl (C=O) groups is 2. The standard InChI is InChI=1S/C14H13F3N2O4S/c1-24(23)10-5-3-2-4-9(10)19(12(22)14(15,16)17)13(18-24)6-8(7-13)11(20)21/h2-5,8H,6-7H2,1H3,(H,20,21). The zero-order valence-electron chi connectivity index (χ0n) is 12.4. The van der Waals surface area contributed by atoms with Crippen molar-refractivity contribution in [2.24, 2.45) is 10.3 Å². The quantitative estimate of drug-likeness (QED) is 0.830. The first-order chi connectivity index (χ1) is 11.0. The highest BCUT2D eigenvalue weighted by Gasteiger charge is 2.60. The Morgan fingerprint density at radius 2 is 1.92 bits per heavy atom. The van der Waals surface area contributed by atoms with Crippen LogP contribution in [0.3, 0.4) is 0 Å². The van der Waals surface area contributed by atoms with E-state index in [1.165, 1.54) is 30.5 Å². The van der Waals surface area contributed by atoms with Crippen LogP contribution in [0.15, 0.2) is 33.5 Å². The number of nitrogens with zero attached hydrogens (tertiary/aromatic N) is 2. The highest BCUT2D eigenvalue weighted by molar-refractivity contribution is 7.93. The molecular weight excluding hydrogens is 349 g/mol. The molecule has 3 rings (SSSR count). The van der Waals surface area contributed by atoms with Crippen LogP contribution in [-0.2, 0) is 19.3 Å². The zero-order valence-corrected chi connectivity index (χ0v) is 13.2. The van der Waals surface area contributed by atoms with Crippen molar-refractivity contribution < 1.29 is 32.1 Å². The third kappa shape index (κ3) is 2.36. The first-order valence-electron chi connectivity index (χ1n) is 6.94. The normalized spacial score (nSPS) is 31.8. The summed E-state index contributed by atoms with van der Waals surface area (Å²) in [6.45, 7) is 0. The number of halogens is 3. The number of carbonyl (C=O) groups excluding carboxylic acids is 1. The first kappa shape index (κ1) is 16.7. The number of hydrogen-bond donors (Lipinski definition) is 1. The van der Waals surface area contributed by atoms with E-state index in [2.05, 4.69) is 4.36 Å². The molecule has 1 unspecified atom stereocenters. The Hall–Kier alpha value is -2.10. The number of hydrogen-bond acceptors (Lipinski definition) is 4. The lowest BCUT2D eigenvalue weighted by molar-refractivity contribution is -0.173. The minimum atomic E-state index is -5.16. The molecule has 130 valence electrons. The van der Waals surface area contributed by atoms with Gasteiger partial charge in [-0.05, 0) is 12.1 Å². The molecule has 0 saturated heterocycles. The number of alkyl halides is 3. The maximum Gasteiger partial charge on any atom is 0.471 e. The van der Waals surface area contributed by atoms with Gasteiger partial charge in [0.15, 0.2) is 0 Å². The van der Waals surface area contributed by atoms with Crippen LogP contribution >= 0.6 is 0 Å². The number of para-hydroxylation sites is 1. The van der Waals surface area contributed by atoms with Crippen molar-refractivity contribution >= 4 is 27.3 Å². The number of rotatable bonds is 1. The van der Waals surface area contributed by atoms with Crippen molar-refractivity contribution in [1.29, 1.82) is 0 Å². The minimum absolute atomic E-state index is 0.0343. The molecule has 1 saturated carbocycles. The number of amides is 1. The van der Waals surface area contributed by atoms with Crippen LogP contribution in [0, 0.1) is 5.92 Å². The van der Waals surface area contributed by atoms with Gasteiger partial charge >= 0.3 is 18.1 Å². The van der Waals surface area contributed by atoms with Gasteiger partial charge in [-0.1, -0.05) is 12.1 Å². The summed E-state index contributed by atoms with van der Waals surface area (Å²) in [6, 6.07) is 5.55. The minimum Gasteiger partial charge on any atom is -0.481 e. The highest BCUT2D eigenvalue weighted by Crippen LogP contribution is 2.52. The molecule has 10 heteroatoms. The molecule has 1 aromatic carbocycles. The molecule has 2 aliphatic rings. The number of aliphatic carboxylic acids is 1. The van der Waals surface area contributed by atoms with Gasteiger partial charge in [-0.2, -0.15) is 13.2 Å². The Kier molecular flexibility index (Phi) is 3.45. The summed E-state index contributed by atoms with van der Waals surface area (Å²) in [6.07, 6.45) is -4.49. The average molecular weight is 362 g/mol. The van der Waals surface area contributed by atoms with Gasteiger partial charge in [-0.15, -0.1) is 0 Å². The van der Waals surface area contributed by atoms with E-state index in [0.29, 0.717) is 4.90 Å². The van der Waals surface area contributed by atoms with E-state index in [4.69, 9.17) is 5.11 Å². The van der Waals surface area contributed by atoms with Crippen molar-refractivity contribution in [1.82, 2.24) is 0 Å². The molecule has 24 heavy (non-hydrogen) atoms. The average Bonchev–Trinajstić information content (AvgIpc) is 2.42. The fourth-order valence-electron chi connectivity index (χ4n) is 3.19. The summed E-state index contributed by atoms with van der Waals surface area (Å²) in [7, 11) is -3.05. The van der Waals surface area contributed by atoms with E-state index in [0.717, 1.165) is 0 Å². The second kappa shape index (κ2) is 4.95. The van der Waals surface area contributed by atoms with Crippen LogP contribution in [0.1, 0.15) is 12.8 Å². The zero-order chi connectivity index (χ0) is 17.9. The second-order valence-corrected chi connectivity index (χ2v) is 8.15. The monoisotopic (exact) mass is 362 g/mol. The molecule has 0 aromatic heterocycles. The van der Waals surface area contributed by atoms with Gasteiger partial charge in [0.2, 0.25) is 0 Å². The number of fused-ring (bicyclic) bond motifs is 1. The summed E-state index contributed by atoms with van der Waals surface area (Å²) in [5, 5.41) is 9.02. The van der Waals surface area contributed by atoms with Gasteiger partial charge in [0, 0.05) is 19.1 Å². The van der Waals surface area contributed by atoms with Gasteiger partial charge in [0.05, 0.1) is 26.2 Å². The van der Waals surface area contributed by atoms with Crippen molar-refractivity contribution in [2.45, 2.75) is 29.6 Å². The number of benzene rings is 1. The Labute approximate surface area is 135 Å². The van der Waals surface area contributed by atoms with E-state index < -0.39 is 39.4 Å². The molecule has 0 radical (unpaired) electrons. The van der Waals surface area contributed by atoms with E-state index >= 15 is 0 Å². The van der Waals surface area contributed by atoms with Gasteiger partial charge in [0.25, 0.3) is 0 Å². The largest absolute Gasteiger partial charge is 0.481 e. The number of carboxylic acids is 1. The fraction of sp³-hybridized carbons (Fsp3) is 0.429. The van der Waals surface area contributed by atoms with Crippen LogP contribution in [-0.4, -0.2) is 39.3 Å². The van der Waals surface area contributed by atoms with Gasteiger partial charge < -0.3 is 5.11 Å². The number of anilines is 1. The lowest BCUT2D eigenvalue weighted by atomic mass is 9.73. The van der Waals surface area contributed by atoms with Crippen LogP contribution in [0.25, 0.3) is 0 Å². The molecule has 1 atom stereocenters. The molecule has 1 spiro atoms. The second-order valence-electron chi connectivity index (χ2n) is 5.93. The topological polar surface area (TPSA) is 87.0 Å². The fourth-order valence-corrected chi connectivity index (χ4v) is 5.04. The van der Waals surface area contributed by atoms with Gasteiger partial charge in [0.1, 0.15) is 5.66 Å². The summed E-state index contributed by atoms with van der Waals surface area (Å²) in [5.41, 5.74) is -1.87. The van der Waals surface area contributed by atoms with E-state index in [1.807, 2.05) is 0 Å². The Bertz CT molecular complexity index is 852. The summed E-state index contributed by atoms with van der Waals surface area (Å²) < 4.78 is 56.0. The van der Waals surface area contributed by atoms with E-state index in [-0.39, 0.29) is 23.4 Å². The number of carboxylic acid groups (broad SMARTS) is 1. The van der Waals surface area contributed by atoms with Gasteiger partial charge in [-0.3, -0.25) is 14.5 Å². The Morgan fingerprint density at radius 3 is 2.46 bits per heavy atom. The molecule has 1 fully saturated rings. The third-order valence-electron chi connectivity index (χ3n) is 4.22. The molecule has 1 N–H and O–H groups in total. The first-order valence-corrected chi connectivity index (χ1v) is 8.87. The molecule has 1 amide bonds. The Morgan fingerprint density at radius 1 is 1.33 bits per heavy atom. The lowest BCUT2D eigenvalue weighted by Crippen LogP contribution is -2.64.